The van der Waals surface area contributed by atoms with Gasteiger partial charge in [0.2, 0.25) is 0 Å². The van der Waals surface area contributed by atoms with E-state index >= 15 is 0 Å². The van der Waals surface area contributed by atoms with Crippen molar-refractivity contribution in [3.8, 4) is 0 Å². The Bertz CT molecular complexity index is 657. The minimum absolute atomic E-state index is 0.363. The molecule has 1 N–H and O–H groups in total. The Morgan fingerprint density at radius 1 is 1.16 bits per heavy atom. The lowest BCUT2D eigenvalue weighted by molar-refractivity contribution is 0.00578. The molecule has 0 radical (unpaired) electrons. The van der Waals surface area contributed by atoms with Crippen LogP contribution in [0.1, 0.15) is 67.0 Å². The Morgan fingerprint density at radius 3 is 2.12 bits per heavy atom. The molecule has 0 aliphatic carbocycles. The second-order valence-electron chi connectivity index (χ2n) is 8.59. The summed E-state index contributed by atoms with van der Waals surface area (Å²) in [6, 6.07) is 4.58. The van der Waals surface area contributed by atoms with Gasteiger partial charge in [-0.2, -0.15) is 0 Å². The number of benzene rings is 1. The monoisotopic (exact) mass is 369 g/mol. The Morgan fingerprint density at radius 2 is 1.68 bits per heavy atom. The van der Waals surface area contributed by atoms with Crippen molar-refractivity contribution in [3.63, 3.8) is 0 Å². The smallest absolute Gasteiger partial charge is 0.399 e. The van der Waals surface area contributed by atoms with Gasteiger partial charge in [-0.25, -0.2) is 13.3 Å². The molecule has 1 aromatic rings. The molecule has 0 saturated carbocycles. The van der Waals surface area contributed by atoms with Crippen LogP contribution in [0.3, 0.4) is 0 Å². The van der Waals surface area contributed by atoms with Gasteiger partial charge in [0.05, 0.1) is 26.9 Å². The molecule has 1 saturated heterocycles. The van der Waals surface area contributed by atoms with Crippen LogP contribution >= 0.6 is 0 Å². The molecule has 25 heavy (non-hydrogen) atoms. The fourth-order valence-corrected chi connectivity index (χ4v) is 3.22. The average Bonchev–Trinajstić information content (AvgIpc) is 2.66. The third-order valence-electron chi connectivity index (χ3n) is 4.86. The third-order valence-corrected chi connectivity index (χ3v) is 6.54. The second kappa shape index (κ2) is 6.76. The molecule has 1 aromatic carbocycles. The zero-order valence-electron chi connectivity index (χ0n) is 16.4. The van der Waals surface area contributed by atoms with Crippen LogP contribution in [0.25, 0.3) is 0 Å². The molecule has 0 spiro atoms. The van der Waals surface area contributed by atoms with Crippen molar-refractivity contribution in [2.24, 2.45) is 0 Å². The lowest BCUT2D eigenvalue weighted by atomic mass is 9.78. The van der Waals surface area contributed by atoms with E-state index in [1.54, 1.807) is 19.1 Å². The van der Waals surface area contributed by atoms with E-state index in [-0.39, 0.29) is 11.9 Å². The largest absolute Gasteiger partial charge is 0.494 e. The summed E-state index contributed by atoms with van der Waals surface area (Å²) >= 11 is 0. The molecule has 0 amide bonds. The highest BCUT2D eigenvalue weighted by atomic mass is 32.2. The summed E-state index contributed by atoms with van der Waals surface area (Å²) in [4.78, 5) is 0. The van der Waals surface area contributed by atoms with Gasteiger partial charge < -0.3 is 9.31 Å². The molecule has 0 bridgehead atoms. The van der Waals surface area contributed by atoms with E-state index in [1.807, 2.05) is 48.5 Å². The zero-order valence-corrected chi connectivity index (χ0v) is 17.2. The summed E-state index contributed by atoms with van der Waals surface area (Å²) < 4.78 is 41.3. The summed E-state index contributed by atoms with van der Waals surface area (Å²) in [6.45, 7) is 15.3. The number of nitrogens with one attached hydrogen (secondary N) is 1. The fourth-order valence-electron chi connectivity index (χ4n) is 2.42. The highest BCUT2D eigenvalue weighted by molar-refractivity contribution is 7.84. The van der Waals surface area contributed by atoms with Crippen molar-refractivity contribution in [2.45, 2.75) is 77.4 Å². The van der Waals surface area contributed by atoms with Gasteiger partial charge in [-0.3, -0.25) is 0 Å². The number of halogens is 1. The lowest BCUT2D eigenvalue weighted by Gasteiger charge is -2.32. The number of hydrogen-bond acceptors (Lipinski definition) is 3. The van der Waals surface area contributed by atoms with Gasteiger partial charge in [0.25, 0.3) is 0 Å². The van der Waals surface area contributed by atoms with Crippen LogP contribution in [0.2, 0.25) is 0 Å². The molecular weight excluding hydrogens is 340 g/mol. The quantitative estimate of drug-likeness (QED) is 0.829. The van der Waals surface area contributed by atoms with Crippen molar-refractivity contribution < 1.29 is 17.9 Å². The first-order valence-electron chi connectivity index (χ1n) is 8.57. The topological polar surface area (TPSA) is 47.6 Å². The molecule has 2 rings (SSSR count). The van der Waals surface area contributed by atoms with Gasteiger partial charge in [0.1, 0.15) is 5.82 Å². The van der Waals surface area contributed by atoms with Crippen LogP contribution in [0, 0.1) is 5.82 Å². The highest BCUT2D eigenvalue weighted by Gasteiger charge is 2.51. The minimum atomic E-state index is -1.27. The molecule has 0 aromatic heterocycles. The Hall–Kier alpha value is -0.755. The summed E-state index contributed by atoms with van der Waals surface area (Å²) in [5.41, 5.74) is 0.179. The van der Waals surface area contributed by atoms with Gasteiger partial charge in [0.15, 0.2) is 0 Å². The molecule has 4 nitrogen and oxygen atoms in total. The van der Waals surface area contributed by atoms with Crippen LogP contribution in [-0.4, -0.2) is 27.3 Å². The second-order valence-corrected chi connectivity index (χ2v) is 10.6. The molecule has 140 valence electrons. The van der Waals surface area contributed by atoms with Crippen molar-refractivity contribution in [3.05, 3.63) is 29.6 Å². The number of hydrogen-bond donors (Lipinski definition) is 1. The van der Waals surface area contributed by atoms with Gasteiger partial charge in [0, 0.05) is 11.6 Å². The fraction of sp³-hybridized carbons (Fsp3) is 0.667. The van der Waals surface area contributed by atoms with Crippen LogP contribution in [0.5, 0.6) is 0 Å². The maximum Gasteiger partial charge on any atom is 0.494 e. The first-order chi connectivity index (χ1) is 11.2. The molecule has 1 aliphatic rings. The van der Waals surface area contributed by atoms with E-state index in [4.69, 9.17) is 9.31 Å². The molecule has 7 heteroatoms. The van der Waals surface area contributed by atoms with Gasteiger partial charge in [-0.1, -0.05) is 12.1 Å². The molecule has 1 heterocycles. The molecular formula is C18H29BFNO3S. The summed E-state index contributed by atoms with van der Waals surface area (Å²) in [5, 5.41) is 0. The van der Waals surface area contributed by atoms with E-state index in [1.165, 1.54) is 6.07 Å². The molecule has 1 aliphatic heterocycles. The predicted molar refractivity (Wildman–Crippen MR) is 102 cm³/mol. The summed E-state index contributed by atoms with van der Waals surface area (Å²) in [6.07, 6.45) is 0. The van der Waals surface area contributed by atoms with E-state index < -0.39 is 34.1 Å². The van der Waals surface area contributed by atoms with Crippen LogP contribution in [-0.2, 0) is 20.3 Å². The van der Waals surface area contributed by atoms with Crippen LogP contribution in [0.4, 0.5) is 4.39 Å². The SMILES string of the molecule is C[C@H](N[S@](=O)C(C)(C)C)c1ccc(B2OC(C)(C)C(C)(C)O2)cc1F. The molecule has 2 atom stereocenters. The number of rotatable bonds is 4. The maximum atomic E-state index is 14.6. The Balaban J connectivity index is 2.18. The van der Waals surface area contributed by atoms with Gasteiger partial charge in [-0.05, 0) is 66.9 Å². The van der Waals surface area contributed by atoms with Crippen molar-refractivity contribution in [1.82, 2.24) is 4.72 Å². The normalized spacial score (nSPS) is 22.0. The Kier molecular flexibility index (Phi) is 5.56. The van der Waals surface area contributed by atoms with Crippen molar-refractivity contribution >= 4 is 23.6 Å². The zero-order chi connectivity index (χ0) is 19.2. The van der Waals surface area contributed by atoms with Crippen molar-refractivity contribution in [2.75, 3.05) is 0 Å². The summed E-state index contributed by atoms with van der Waals surface area (Å²) in [7, 11) is -1.87. The first kappa shape index (κ1) is 20.6. The van der Waals surface area contributed by atoms with Gasteiger partial charge in [-0.15, -0.1) is 0 Å². The van der Waals surface area contributed by atoms with Crippen LogP contribution in [0.15, 0.2) is 18.2 Å². The van der Waals surface area contributed by atoms with Gasteiger partial charge >= 0.3 is 7.12 Å². The minimum Gasteiger partial charge on any atom is -0.399 e. The average molecular weight is 369 g/mol. The lowest BCUT2D eigenvalue weighted by Crippen LogP contribution is -2.41. The standard InChI is InChI=1S/C18H29BFNO3S/c1-12(21-25(22)16(2,3)4)14-10-9-13(11-15(14)20)19-23-17(5,6)18(7,8)24-19/h9-12,21H,1-8H3/t12-,25+/m0/s1. The molecule has 0 unspecified atom stereocenters. The maximum absolute atomic E-state index is 14.6. The van der Waals surface area contributed by atoms with Crippen LogP contribution < -0.4 is 10.2 Å². The predicted octanol–water partition coefficient (Wildman–Crippen LogP) is 3.24. The van der Waals surface area contributed by atoms with Crippen molar-refractivity contribution in [1.29, 1.82) is 0 Å². The van der Waals surface area contributed by atoms with E-state index in [0.29, 0.717) is 11.0 Å². The molecule has 1 fully saturated rings. The first-order valence-corrected chi connectivity index (χ1v) is 9.72. The Labute approximate surface area is 153 Å². The van der Waals surface area contributed by atoms with E-state index in [2.05, 4.69) is 4.72 Å². The summed E-state index contributed by atoms with van der Waals surface area (Å²) in [5.74, 6) is -0.363. The third kappa shape index (κ3) is 4.33. The van der Waals surface area contributed by atoms with E-state index in [9.17, 15) is 8.60 Å². The van der Waals surface area contributed by atoms with E-state index in [0.717, 1.165) is 0 Å². The highest BCUT2D eigenvalue weighted by Crippen LogP contribution is 2.36.